The summed E-state index contributed by atoms with van der Waals surface area (Å²) in [7, 11) is 0. The van der Waals surface area contributed by atoms with E-state index in [1.165, 1.54) is 0 Å². The van der Waals surface area contributed by atoms with Crippen molar-refractivity contribution in [3.05, 3.63) is 0 Å². The highest BCUT2D eigenvalue weighted by atomic mass is 16.3. The van der Waals surface area contributed by atoms with Crippen LogP contribution in [0.3, 0.4) is 0 Å². The van der Waals surface area contributed by atoms with Crippen molar-refractivity contribution in [3.63, 3.8) is 0 Å². The molecule has 0 radical (unpaired) electrons. The fourth-order valence-corrected chi connectivity index (χ4v) is 1.49. The van der Waals surface area contributed by atoms with Gasteiger partial charge in [0, 0.05) is 25.1 Å². The van der Waals surface area contributed by atoms with E-state index in [9.17, 15) is 4.79 Å². The second-order valence-corrected chi connectivity index (χ2v) is 4.48. The molecule has 13 heavy (non-hydrogen) atoms. The second kappa shape index (κ2) is 3.64. The second-order valence-electron chi connectivity index (χ2n) is 4.48. The Bertz CT molecular complexity index is 204. The van der Waals surface area contributed by atoms with Gasteiger partial charge in [-0.3, -0.25) is 4.79 Å². The molecule has 1 aliphatic rings. The Morgan fingerprint density at radius 2 is 2.31 bits per heavy atom. The summed E-state index contributed by atoms with van der Waals surface area (Å²) in [5.41, 5.74) is 5.35. The molecule has 0 spiro atoms. The molecule has 1 rings (SSSR count). The highest BCUT2D eigenvalue weighted by Gasteiger charge is 2.32. The first-order valence-electron chi connectivity index (χ1n) is 4.61. The number of amides is 1. The van der Waals surface area contributed by atoms with E-state index < -0.39 is 0 Å². The monoisotopic (exact) mass is 186 g/mol. The van der Waals surface area contributed by atoms with E-state index >= 15 is 0 Å². The molecule has 1 heterocycles. The van der Waals surface area contributed by atoms with Crippen molar-refractivity contribution in [3.8, 4) is 0 Å². The third-order valence-electron chi connectivity index (χ3n) is 2.39. The maximum Gasteiger partial charge on any atom is 0.239 e. The highest BCUT2D eigenvalue weighted by Crippen LogP contribution is 2.19. The molecule has 1 fully saturated rings. The van der Waals surface area contributed by atoms with Gasteiger partial charge in [-0.1, -0.05) is 13.8 Å². The number of likely N-dealkylation sites (tertiary alicyclic amines) is 1. The van der Waals surface area contributed by atoms with E-state index in [-0.39, 0.29) is 24.0 Å². The van der Waals surface area contributed by atoms with Crippen molar-refractivity contribution < 1.29 is 9.90 Å². The number of hydrogen-bond donors (Lipinski definition) is 2. The molecule has 4 nitrogen and oxygen atoms in total. The zero-order valence-corrected chi connectivity index (χ0v) is 8.29. The first-order chi connectivity index (χ1) is 5.96. The van der Waals surface area contributed by atoms with Crippen molar-refractivity contribution in [1.29, 1.82) is 0 Å². The Morgan fingerprint density at radius 1 is 1.69 bits per heavy atom. The SMILES string of the molecule is CC(C)(CO)CN1CCC(N)C1=O. The first kappa shape index (κ1) is 10.5. The predicted molar refractivity (Wildman–Crippen MR) is 50.0 cm³/mol. The zero-order chi connectivity index (χ0) is 10.1. The standard InChI is InChI=1S/C9H18N2O2/c1-9(2,6-12)5-11-4-3-7(10)8(11)13/h7,12H,3-6,10H2,1-2H3. The molecule has 0 aliphatic carbocycles. The van der Waals surface area contributed by atoms with Gasteiger partial charge in [0.2, 0.25) is 5.91 Å². The molecule has 1 atom stereocenters. The maximum absolute atomic E-state index is 11.4. The Kier molecular flexibility index (Phi) is 2.93. The molecular formula is C9H18N2O2. The van der Waals surface area contributed by atoms with Crippen molar-refractivity contribution in [2.45, 2.75) is 26.3 Å². The van der Waals surface area contributed by atoms with Crippen LogP contribution in [0.1, 0.15) is 20.3 Å². The molecule has 0 aromatic heterocycles. The highest BCUT2D eigenvalue weighted by molar-refractivity contribution is 5.83. The van der Waals surface area contributed by atoms with E-state index in [1.807, 2.05) is 13.8 Å². The van der Waals surface area contributed by atoms with Gasteiger partial charge in [-0.2, -0.15) is 0 Å². The summed E-state index contributed by atoms with van der Waals surface area (Å²) in [6, 6.07) is -0.325. The van der Waals surface area contributed by atoms with Gasteiger partial charge in [0.15, 0.2) is 0 Å². The fourth-order valence-electron chi connectivity index (χ4n) is 1.49. The Balaban J connectivity index is 2.51. The summed E-state index contributed by atoms with van der Waals surface area (Å²) in [5.74, 6) is 0.0153. The van der Waals surface area contributed by atoms with Crippen LogP contribution in [0.2, 0.25) is 0 Å². The van der Waals surface area contributed by atoms with Crippen LogP contribution in [0.15, 0.2) is 0 Å². The van der Waals surface area contributed by atoms with Gasteiger partial charge in [-0.15, -0.1) is 0 Å². The molecule has 1 aliphatic heterocycles. The lowest BCUT2D eigenvalue weighted by Crippen LogP contribution is -2.40. The van der Waals surface area contributed by atoms with Crippen LogP contribution in [0.25, 0.3) is 0 Å². The summed E-state index contributed by atoms with van der Waals surface area (Å²) in [5, 5.41) is 9.04. The number of rotatable bonds is 3. The summed E-state index contributed by atoms with van der Waals surface area (Å²) < 4.78 is 0. The minimum Gasteiger partial charge on any atom is -0.396 e. The molecule has 0 aromatic carbocycles. The van der Waals surface area contributed by atoms with Gasteiger partial charge in [-0.05, 0) is 6.42 Å². The van der Waals surface area contributed by atoms with Gasteiger partial charge in [0.1, 0.15) is 0 Å². The molecule has 0 bridgehead atoms. The van der Waals surface area contributed by atoms with Crippen molar-refractivity contribution in [2.24, 2.45) is 11.1 Å². The largest absolute Gasteiger partial charge is 0.396 e. The number of hydrogen-bond acceptors (Lipinski definition) is 3. The molecule has 3 N–H and O–H groups in total. The van der Waals surface area contributed by atoms with Crippen molar-refractivity contribution >= 4 is 5.91 Å². The van der Waals surface area contributed by atoms with Crippen LogP contribution in [-0.2, 0) is 4.79 Å². The molecule has 1 saturated heterocycles. The molecule has 1 unspecified atom stereocenters. The van der Waals surface area contributed by atoms with E-state index in [0.29, 0.717) is 6.54 Å². The fraction of sp³-hybridized carbons (Fsp3) is 0.889. The Hall–Kier alpha value is -0.610. The van der Waals surface area contributed by atoms with Gasteiger partial charge in [-0.25, -0.2) is 0 Å². The lowest BCUT2D eigenvalue weighted by molar-refractivity contribution is -0.130. The number of aliphatic hydroxyl groups excluding tert-OH is 1. The topological polar surface area (TPSA) is 66.6 Å². The van der Waals surface area contributed by atoms with Crippen LogP contribution >= 0.6 is 0 Å². The van der Waals surface area contributed by atoms with Gasteiger partial charge in [0.25, 0.3) is 0 Å². The first-order valence-corrected chi connectivity index (χ1v) is 4.61. The Labute approximate surface area is 78.7 Å². The minimum atomic E-state index is -0.325. The number of carbonyl (C=O) groups is 1. The lowest BCUT2D eigenvalue weighted by atomic mass is 9.94. The van der Waals surface area contributed by atoms with Crippen LogP contribution in [0.4, 0.5) is 0 Å². The van der Waals surface area contributed by atoms with Gasteiger partial charge < -0.3 is 15.7 Å². The average Bonchev–Trinajstić information content (AvgIpc) is 2.36. The maximum atomic E-state index is 11.4. The summed E-state index contributed by atoms with van der Waals surface area (Å²) in [6.07, 6.45) is 0.736. The average molecular weight is 186 g/mol. The predicted octanol–water partition coefficient (Wildman–Crippen LogP) is -0.435. The molecule has 0 aromatic rings. The van der Waals surface area contributed by atoms with Crippen molar-refractivity contribution in [2.75, 3.05) is 19.7 Å². The lowest BCUT2D eigenvalue weighted by Gasteiger charge is -2.28. The van der Waals surface area contributed by atoms with Gasteiger partial charge >= 0.3 is 0 Å². The molecule has 76 valence electrons. The molecular weight excluding hydrogens is 168 g/mol. The van der Waals surface area contributed by atoms with Crippen molar-refractivity contribution in [1.82, 2.24) is 4.90 Å². The Morgan fingerprint density at radius 3 is 2.69 bits per heavy atom. The van der Waals surface area contributed by atoms with E-state index in [1.54, 1.807) is 4.90 Å². The van der Waals surface area contributed by atoms with Crippen LogP contribution in [-0.4, -0.2) is 41.7 Å². The van der Waals surface area contributed by atoms with Crippen LogP contribution in [0, 0.1) is 5.41 Å². The number of nitrogens with zero attached hydrogens (tertiary/aromatic N) is 1. The summed E-state index contributed by atoms with van der Waals surface area (Å²) >= 11 is 0. The van der Waals surface area contributed by atoms with E-state index in [0.717, 1.165) is 13.0 Å². The summed E-state index contributed by atoms with van der Waals surface area (Å²) in [6.45, 7) is 5.28. The zero-order valence-electron chi connectivity index (χ0n) is 8.29. The van der Waals surface area contributed by atoms with Crippen LogP contribution in [0.5, 0.6) is 0 Å². The number of carbonyl (C=O) groups excluding carboxylic acids is 1. The summed E-state index contributed by atoms with van der Waals surface area (Å²) in [4.78, 5) is 13.2. The minimum absolute atomic E-state index is 0.0153. The van der Waals surface area contributed by atoms with E-state index in [2.05, 4.69) is 0 Å². The number of aliphatic hydroxyl groups is 1. The van der Waals surface area contributed by atoms with Crippen LogP contribution < -0.4 is 5.73 Å². The quantitative estimate of drug-likeness (QED) is 0.628. The molecule has 0 saturated carbocycles. The number of nitrogens with two attached hydrogens (primary N) is 1. The molecule has 1 amide bonds. The van der Waals surface area contributed by atoms with E-state index in [4.69, 9.17) is 10.8 Å². The third-order valence-corrected chi connectivity index (χ3v) is 2.39. The molecule has 4 heteroatoms. The smallest absolute Gasteiger partial charge is 0.239 e. The third kappa shape index (κ3) is 2.42. The van der Waals surface area contributed by atoms with Gasteiger partial charge in [0.05, 0.1) is 6.04 Å². The normalized spacial score (nSPS) is 24.2.